The molecule has 0 radical (unpaired) electrons. The SMILES string of the molecule is BBB(B)/C(C[Si](C)(C)O[Si](C)(C)O[Si](C)(C)C)=C(/CC)B(B)B. The molecular formula is C12H37B7O2Si3. The zero-order valence-corrected chi connectivity index (χ0v) is 21.6. The summed E-state index contributed by atoms with van der Waals surface area (Å²) in [5, 5.41) is 0. The first-order chi connectivity index (χ1) is 10.6. The van der Waals surface area contributed by atoms with E-state index < -0.39 is 25.2 Å². The van der Waals surface area contributed by atoms with Crippen LogP contribution in [0, 0.1) is 0 Å². The molecule has 0 atom stereocenters. The second-order valence-corrected chi connectivity index (χ2v) is 22.1. The van der Waals surface area contributed by atoms with Gasteiger partial charge in [0.25, 0.3) is 0 Å². The molecule has 0 rings (SSSR count). The van der Waals surface area contributed by atoms with Gasteiger partial charge in [-0.25, -0.2) is 0 Å². The molecule has 0 aliphatic carbocycles. The largest absolute Gasteiger partial charge is 0.437 e. The van der Waals surface area contributed by atoms with Gasteiger partial charge in [-0.1, -0.05) is 6.92 Å². The van der Waals surface area contributed by atoms with Gasteiger partial charge in [0.15, 0.2) is 16.6 Å². The number of rotatable bonds is 10. The fraction of sp³-hybridized carbons (Fsp3) is 0.833. The van der Waals surface area contributed by atoms with Crippen molar-refractivity contribution in [2.45, 2.75) is 65.2 Å². The average molecular weight is 373 g/mol. The van der Waals surface area contributed by atoms with E-state index in [1.54, 1.807) is 10.9 Å². The zero-order valence-electron chi connectivity index (χ0n) is 18.6. The van der Waals surface area contributed by atoms with Crippen LogP contribution in [0.15, 0.2) is 10.9 Å². The van der Waals surface area contributed by atoms with E-state index in [4.69, 9.17) is 8.23 Å². The second kappa shape index (κ2) is 9.63. The van der Waals surface area contributed by atoms with E-state index in [0.717, 1.165) is 12.5 Å². The minimum Gasteiger partial charge on any atom is -0.437 e. The maximum Gasteiger partial charge on any atom is 0.311 e. The molecule has 0 saturated carbocycles. The molecule has 0 aliphatic heterocycles. The number of hydrogen-bond donors (Lipinski definition) is 0. The van der Waals surface area contributed by atoms with Crippen molar-refractivity contribution in [1.29, 1.82) is 0 Å². The van der Waals surface area contributed by atoms with Gasteiger partial charge in [0.1, 0.15) is 0 Å². The highest BCUT2D eigenvalue weighted by atomic mass is 28.5. The lowest BCUT2D eigenvalue weighted by Gasteiger charge is -2.39. The molecule has 0 aromatic rings. The van der Waals surface area contributed by atoms with Gasteiger partial charge >= 0.3 is 8.56 Å². The van der Waals surface area contributed by atoms with Crippen LogP contribution in [0.2, 0.25) is 51.9 Å². The van der Waals surface area contributed by atoms with E-state index in [-0.39, 0.29) is 0 Å². The molecular weight excluding hydrogens is 336 g/mol. The maximum atomic E-state index is 6.76. The molecule has 0 aromatic carbocycles. The van der Waals surface area contributed by atoms with Gasteiger partial charge in [-0.3, -0.25) is 0 Å². The molecule has 0 unspecified atom stereocenters. The minimum absolute atomic E-state index is 0.632. The van der Waals surface area contributed by atoms with Crippen molar-refractivity contribution < 1.29 is 8.23 Å². The van der Waals surface area contributed by atoms with Crippen LogP contribution in [0.1, 0.15) is 13.3 Å². The highest BCUT2D eigenvalue weighted by Crippen LogP contribution is 2.28. The van der Waals surface area contributed by atoms with Crippen molar-refractivity contribution in [1.82, 2.24) is 0 Å². The van der Waals surface area contributed by atoms with Crippen molar-refractivity contribution in [3.05, 3.63) is 10.9 Å². The van der Waals surface area contributed by atoms with E-state index in [2.05, 4.69) is 83.7 Å². The topological polar surface area (TPSA) is 18.5 Å². The van der Waals surface area contributed by atoms with Crippen molar-refractivity contribution >= 4 is 76.2 Å². The Morgan fingerprint density at radius 1 is 0.917 bits per heavy atom. The van der Waals surface area contributed by atoms with Crippen LogP contribution in [0.3, 0.4) is 0 Å². The van der Waals surface area contributed by atoms with Gasteiger partial charge < -0.3 is 8.23 Å². The molecule has 0 saturated heterocycles. The molecule has 24 heavy (non-hydrogen) atoms. The van der Waals surface area contributed by atoms with E-state index >= 15 is 0 Å². The van der Waals surface area contributed by atoms with Crippen molar-refractivity contribution in [3.63, 3.8) is 0 Å². The average Bonchev–Trinajstić information content (AvgIpc) is 2.32. The summed E-state index contributed by atoms with van der Waals surface area (Å²) in [6.45, 7) is 19.6. The van der Waals surface area contributed by atoms with Crippen LogP contribution in [0.25, 0.3) is 0 Å². The minimum atomic E-state index is -2.06. The van der Waals surface area contributed by atoms with Crippen LogP contribution >= 0.6 is 0 Å². The fourth-order valence-electron chi connectivity index (χ4n) is 3.78. The van der Waals surface area contributed by atoms with E-state index in [9.17, 15) is 0 Å². The zero-order chi connectivity index (χ0) is 19.3. The summed E-state index contributed by atoms with van der Waals surface area (Å²) in [5.41, 5.74) is 3.32. The van der Waals surface area contributed by atoms with Gasteiger partial charge in [-0.05, 0) is 58.3 Å². The lowest BCUT2D eigenvalue weighted by Crippen LogP contribution is -2.52. The molecule has 0 bridgehead atoms. The van der Waals surface area contributed by atoms with E-state index in [0.29, 0.717) is 13.0 Å². The second-order valence-electron chi connectivity index (χ2n) is 9.52. The van der Waals surface area contributed by atoms with Crippen molar-refractivity contribution in [2.24, 2.45) is 0 Å². The first-order valence-electron chi connectivity index (χ1n) is 9.76. The van der Waals surface area contributed by atoms with Gasteiger partial charge in [0, 0.05) is 0 Å². The third-order valence-electron chi connectivity index (χ3n) is 4.39. The summed E-state index contributed by atoms with van der Waals surface area (Å²) < 4.78 is 13.2. The Balaban J connectivity index is 5.47. The predicted molar refractivity (Wildman–Crippen MR) is 135 cm³/mol. The fourth-order valence-corrected chi connectivity index (χ4v) is 17.3. The molecule has 2 nitrogen and oxygen atoms in total. The summed E-state index contributed by atoms with van der Waals surface area (Å²) in [6.07, 6.45) is 1.16. The Hall–Kier alpha value is 0.765. The normalized spacial score (nSPS) is 14.2. The van der Waals surface area contributed by atoms with Crippen LogP contribution < -0.4 is 0 Å². The molecule has 0 amide bonds. The molecule has 0 N–H and O–H groups in total. The molecule has 0 aromatic heterocycles. The standard InChI is InChI=1S/C12H37B7O2Si3/c1-9-11(18(14)15)12(19(16)17-13)10-23(5,6)21-24(7,8)20-22(2,3)4/h17H,9-10,13-16H2,1-8H3/b12-11-. The number of allylic oxidation sites excluding steroid dienone is 2. The summed E-state index contributed by atoms with van der Waals surface area (Å²) in [7, 11) is 5.16. The third-order valence-corrected chi connectivity index (χ3v) is 14.2. The Kier molecular flexibility index (Phi) is 9.94. The summed E-state index contributed by atoms with van der Waals surface area (Å²) >= 11 is 0. The maximum absolute atomic E-state index is 6.76. The summed E-state index contributed by atoms with van der Waals surface area (Å²) in [4.78, 5) is 0. The van der Waals surface area contributed by atoms with E-state index in [1.807, 2.05) is 0 Å². The van der Waals surface area contributed by atoms with Crippen LogP contribution in [-0.4, -0.2) is 76.2 Å². The van der Waals surface area contributed by atoms with Gasteiger partial charge in [-0.15, -0.1) is 10.9 Å². The van der Waals surface area contributed by atoms with Crippen molar-refractivity contribution in [3.8, 4) is 0 Å². The highest BCUT2D eigenvalue weighted by Gasteiger charge is 2.39. The Labute approximate surface area is 160 Å². The Bertz CT molecular complexity index is 439. The summed E-state index contributed by atoms with van der Waals surface area (Å²) in [5.74, 6) is 0. The molecule has 12 heteroatoms. The molecule has 0 fully saturated rings. The molecule has 0 aliphatic rings. The van der Waals surface area contributed by atoms with Crippen LogP contribution in [0.4, 0.5) is 0 Å². The molecule has 0 spiro atoms. The smallest absolute Gasteiger partial charge is 0.311 e. The molecule has 0 heterocycles. The predicted octanol–water partition coefficient (Wildman–Crippen LogP) is -0.593. The monoisotopic (exact) mass is 374 g/mol. The van der Waals surface area contributed by atoms with Crippen LogP contribution in [0.5, 0.6) is 0 Å². The summed E-state index contributed by atoms with van der Waals surface area (Å²) in [6, 6.07) is 1.15. The number of hydrogen-bond acceptors (Lipinski definition) is 2. The van der Waals surface area contributed by atoms with Crippen molar-refractivity contribution in [2.75, 3.05) is 0 Å². The first kappa shape index (κ1) is 24.8. The molecule has 130 valence electrons. The van der Waals surface area contributed by atoms with Crippen LogP contribution in [-0.2, 0) is 8.23 Å². The van der Waals surface area contributed by atoms with E-state index in [1.165, 1.54) is 7.06 Å². The lowest BCUT2D eigenvalue weighted by molar-refractivity contribution is 0.393. The van der Waals surface area contributed by atoms with Gasteiger partial charge in [0.2, 0.25) is 0 Å². The van der Waals surface area contributed by atoms with Gasteiger partial charge in [0.05, 0.1) is 51.0 Å². The Morgan fingerprint density at radius 2 is 1.42 bits per heavy atom. The highest BCUT2D eigenvalue weighted by molar-refractivity contribution is 7.49. The quantitative estimate of drug-likeness (QED) is 0.477. The Morgan fingerprint density at radius 3 is 1.75 bits per heavy atom. The lowest BCUT2D eigenvalue weighted by atomic mass is 9.01. The third kappa shape index (κ3) is 9.46. The first-order valence-corrected chi connectivity index (χ1v) is 19.1. The van der Waals surface area contributed by atoms with Gasteiger partial charge in [-0.2, -0.15) is 0 Å².